The second kappa shape index (κ2) is 8.86. The van der Waals surface area contributed by atoms with E-state index in [0.29, 0.717) is 24.5 Å². The van der Waals surface area contributed by atoms with Crippen molar-refractivity contribution in [3.05, 3.63) is 52.1 Å². The van der Waals surface area contributed by atoms with Crippen molar-refractivity contribution in [1.82, 2.24) is 14.9 Å². The summed E-state index contributed by atoms with van der Waals surface area (Å²) in [6.07, 6.45) is 1.35. The molecule has 0 radical (unpaired) electrons. The van der Waals surface area contributed by atoms with Crippen molar-refractivity contribution in [2.45, 2.75) is 52.1 Å². The summed E-state index contributed by atoms with van der Waals surface area (Å²) in [5.41, 5.74) is 2.50. The number of amides is 2. The number of nitrogens with one attached hydrogen (secondary N) is 1. The molecular formula is C24H28N4O3S. The topological polar surface area (TPSA) is 84.4 Å². The molecule has 1 aromatic carbocycles. The number of fused-ring (bicyclic) bond motifs is 1. The van der Waals surface area contributed by atoms with E-state index in [-0.39, 0.29) is 17.9 Å². The third kappa shape index (κ3) is 5.24. The zero-order chi connectivity index (χ0) is 22.9. The molecular weight excluding hydrogens is 424 g/mol. The van der Waals surface area contributed by atoms with Crippen LogP contribution in [0.25, 0.3) is 10.9 Å². The molecule has 0 aliphatic carbocycles. The van der Waals surface area contributed by atoms with Crippen LogP contribution in [0.15, 0.2) is 35.7 Å². The molecule has 7 nitrogen and oxygen atoms in total. The molecule has 1 fully saturated rings. The van der Waals surface area contributed by atoms with Gasteiger partial charge in [-0.25, -0.2) is 9.78 Å². The Morgan fingerprint density at radius 3 is 2.59 bits per heavy atom. The van der Waals surface area contributed by atoms with Gasteiger partial charge in [-0.15, -0.1) is 11.3 Å². The SMILES string of the molecule is Cc1ccc2cc(NC(=O)c3csc(C4CCN(C(=O)OC(C)(C)C)CC4)n3)ccc2n1. The molecule has 168 valence electrons. The number of likely N-dealkylation sites (tertiary alicyclic amines) is 1. The number of aromatic nitrogens is 2. The highest BCUT2D eigenvalue weighted by atomic mass is 32.1. The number of pyridine rings is 1. The number of rotatable bonds is 3. The summed E-state index contributed by atoms with van der Waals surface area (Å²) in [7, 11) is 0. The quantitative estimate of drug-likeness (QED) is 0.578. The molecule has 32 heavy (non-hydrogen) atoms. The Kier molecular flexibility index (Phi) is 6.15. The molecule has 8 heteroatoms. The minimum absolute atomic E-state index is 0.224. The number of benzene rings is 1. The van der Waals surface area contributed by atoms with Crippen molar-refractivity contribution in [2.75, 3.05) is 18.4 Å². The molecule has 0 saturated carbocycles. The van der Waals surface area contributed by atoms with Crippen LogP contribution >= 0.6 is 11.3 Å². The zero-order valence-electron chi connectivity index (χ0n) is 18.8. The number of carbonyl (C=O) groups is 2. The van der Waals surface area contributed by atoms with Gasteiger partial charge in [0, 0.05) is 41.2 Å². The summed E-state index contributed by atoms with van der Waals surface area (Å²) >= 11 is 1.50. The van der Waals surface area contributed by atoms with E-state index in [9.17, 15) is 9.59 Å². The first kappa shape index (κ1) is 22.2. The Balaban J connectivity index is 1.36. The Morgan fingerprint density at radius 2 is 1.88 bits per heavy atom. The van der Waals surface area contributed by atoms with Crippen LogP contribution in [0.5, 0.6) is 0 Å². The van der Waals surface area contributed by atoms with Gasteiger partial charge < -0.3 is 15.0 Å². The number of hydrogen-bond acceptors (Lipinski definition) is 6. The lowest BCUT2D eigenvalue weighted by molar-refractivity contribution is 0.0204. The van der Waals surface area contributed by atoms with Crippen molar-refractivity contribution in [3.63, 3.8) is 0 Å². The monoisotopic (exact) mass is 452 g/mol. The van der Waals surface area contributed by atoms with E-state index < -0.39 is 5.60 Å². The van der Waals surface area contributed by atoms with Crippen LogP contribution in [0.3, 0.4) is 0 Å². The van der Waals surface area contributed by atoms with Gasteiger partial charge in [-0.05, 0) is 64.8 Å². The normalized spacial score (nSPS) is 15.1. The van der Waals surface area contributed by atoms with E-state index in [1.807, 2.05) is 58.0 Å². The smallest absolute Gasteiger partial charge is 0.410 e. The number of nitrogens with zero attached hydrogens (tertiary/aromatic N) is 3. The maximum Gasteiger partial charge on any atom is 0.410 e. The predicted molar refractivity (Wildman–Crippen MR) is 126 cm³/mol. The van der Waals surface area contributed by atoms with E-state index in [1.54, 1.807) is 10.3 Å². The van der Waals surface area contributed by atoms with E-state index in [1.165, 1.54) is 11.3 Å². The Morgan fingerprint density at radius 1 is 1.12 bits per heavy atom. The molecule has 0 spiro atoms. The van der Waals surface area contributed by atoms with Gasteiger partial charge in [0.25, 0.3) is 5.91 Å². The summed E-state index contributed by atoms with van der Waals surface area (Å²) < 4.78 is 5.46. The Hall–Kier alpha value is -3.00. The number of thiazole rings is 1. The molecule has 0 unspecified atom stereocenters. The molecule has 3 aromatic rings. The maximum absolute atomic E-state index is 12.7. The van der Waals surface area contributed by atoms with Crippen LogP contribution in [0.1, 0.15) is 60.7 Å². The van der Waals surface area contributed by atoms with Crippen molar-refractivity contribution in [2.24, 2.45) is 0 Å². The van der Waals surface area contributed by atoms with Crippen molar-refractivity contribution >= 4 is 39.9 Å². The first-order valence-electron chi connectivity index (χ1n) is 10.8. The van der Waals surface area contributed by atoms with E-state index in [2.05, 4.69) is 15.3 Å². The largest absolute Gasteiger partial charge is 0.444 e. The van der Waals surface area contributed by atoms with Gasteiger partial charge in [-0.2, -0.15) is 0 Å². The molecule has 1 N–H and O–H groups in total. The lowest BCUT2D eigenvalue weighted by Gasteiger charge is -2.32. The van der Waals surface area contributed by atoms with Crippen molar-refractivity contribution < 1.29 is 14.3 Å². The van der Waals surface area contributed by atoms with Gasteiger partial charge in [0.2, 0.25) is 0 Å². The standard InChI is InChI=1S/C24H28N4O3S/c1-15-5-6-17-13-18(7-8-19(17)25-15)26-21(29)20-14-32-22(27-20)16-9-11-28(12-10-16)23(30)31-24(2,3)4/h5-8,13-14,16H,9-12H2,1-4H3,(H,26,29). The molecule has 0 atom stereocenters. The highest BCUT2D eigenvalue weighted by Gasteiger charge is 2.29. The third-order valence-corrected chi connectivity index (χ3v) is 6.34. The van der Waals surface area contributed by atoms with Crippen molar-refractivity contribution in [1.29, 1.82) is 0 Å². The highest BCUT2D eigenvalue weighted by Crippen LogP contribution is 2.31. The summed E-state index contributed by atoms with van der Waals surface area (Å²) in [5.74, 6) is 0.0216. The minimum Gasteiger partial charge on any atom is -0.444 e. The lowest BCUT2D eigenvalue weighted by atomic mass is 9.98. The number of ether oxygens (including phenoxy) is 1. The van der Waals surface area contributed by atoms with Gasteiger partial charge in [0.15, 0.2) is 0 Å². The number of hydrogen-bond donors (Lipinski definition) is 1. The molecule has 1 saturated heterocycles. The van der Waals surface area contributed by atoms with E-state index in [0.717, 1.165) is 34.4 Å². The van der Waals surface area contributed by atoms with Gasteiger partial charge in [0.05, 0.1) is 10.5 Å². The van der Waals surface area contributed by atoms with Crippen LogP contribution in [0, 0.1) is 6.92 Å². The van der Waals surface area contributed by atoms with Crippen LogP contribution in [-0.4, -0.2) is 45.6 Å². The van der Waals surface area contributed by atoms with Crippen LogP contribution < -0.4 is 5.32 Å². The van der Waals surface area contributed by atoms with E-state index in [4.69, 9.17) is 4.74 Å². The molecule has 3 heterocycles. The van der Waals surface area contributed by atoms with Crippen LogP contribution in [0.4, 0.5) is 10.5 Å². The Labute approximate surface area is 191 Å². The van der Waals surface area contributed by atoms with Crippen molar-refractivity contribution in [3.8, 4) is 0 Å². The fourth-order valence-corrected chi connectivity index (χ4v) is 4.69. The maximum atomic E-state index is 12.7. The summed E-state index contributed by atoms with van der Waals surface area (Å²) in [5, 5.41) is 6.65. The first-order chi connectivity index (χ1) is 15.2. The van der Waals surface area contributed by atoms with E-state index >= 15 is 0 Å². The Bertz CT molecular complexity index is 1140. The zero-order valence-corrected chi connectivity index (χ0v) is 19.7. The molecule has 0 bridgehead atoms. The third-order valence-electron chi connectivity index (χ3n) is 5.34. The number of aryl methyl sites for hydroxylation is 1. The second-order valence-electron chi connectivity index (χ2n) is 9.13. The predicted octanol–water partition coefficient (Wildman–Crippen LogP) is 5.37. The highest BCUT2D eigenvalue weighted by molar-refractivity contribution is 7.10. The van der Waals surface area contributed by atoms with Gasteiger partial charge >= 0.3 is 6.09 Å². The van der Waals surface area contributed by atoms with Gasteiger partial charge in [-0.1, -0.05) is 6.07 Å². The fourth-order valence-electron chi connectivity index (χ4n) is 3.72. The molecule has 2 aromatic heterocycles. The molecule has 1 aliphatic rings. The van der Waals surface area contributed by atoms with Crippen LogP contribution in [-0.2, 0) is 4.74 Å². The minimum atomic E-state index is -0.494. The van der Waals surface area contributed by atoms with Gasteiger partial charge in [0.1, 0.15) is 11.3 Å². The first-order valence-corrected chi connectivity index (χ1v) is 11.7. The number of piperidine rings is 1. The van der Waals surface area contributed by atoms with Gasteiger partial charge in [-0.3, -0.25) is 9.78 Å². The second-order valence-corrected chi connectivity index (χ2v) is 10.0. The molecule has 4 rings (SSSR count). The molecule has 1 aliphatic heterocycles. The lowest BCUT2D eigenvalue weighted by Crippen LogP contribution is -2.41. The summed E-state index contributed by atoms with van der Waals surface area (Å²) in [6, 6.07) is 9.63. The summed E-state index contributed by atoms with van der Waals surface area (Å²) in [4.78, 5) is 35.8. The number of carbonyl (C=O) groups excluding carboxylic acids is 2. The average Bonchev–Trinajstić information content (AvgIpc) is 3.23. The average molecular weight is 453 g/mol. The summed E-state index contributed by atoms with van der Waals surface area (Å²) in [6.45, 7) is 8.83. The van der Waals surface area contributed by atoms with Crippen LogP contribution in [0.2, 0.25) is 0 Å². The fraction of sp³-hybridized carbons (Fsp3) is 0.417. The molecule has 2 amide bonds. The number of anilines is 1.